The summed E-state index contributed by atoms with van der Waals surface area (Å²) < 4.78 is 8.77. The molecule has 4 rings (SSSR count). The third-order valence-electron chi connectivity index (χ3n) is 5.05. The Morgan fingerprint density at radius 1 is 0.968 bits per heavy atom. The Labute approximate surface area is 181 Å². The van der Waals surface area contributed by atoms with Crippen LogP contribution in [-0.2, 0) is 6.42 Å². The first-order valence-corrected chi connectivity index (χ1v) is 10.1. The van der Waals surface area contributed by atoms with Gasteiger partial charge in [-0.3, -0.25) is 4.79 Å². The summed E-state index contributed by atoms with van der Waals surface area (Å²) in [6.07, 6.45) is 2.51. The van der Waals surface area contributed by atoms with Crippen LogP contribution in [0.3, 0.4) is 0 Å². The third kappa shape index (κ3) is 4.66. The lowest BCUT2D eigenvalue weighted by Gasteiger charge is -2.07. The van der Waals surface area contributed by atoms with Crippen LogP contribution in [0.15, 0.2) is 66.9 Å². The topological polar surface area (TPSA) is 74.0 Å². The van der Waals surface area contributed by atoms with E-state index >= 15 is 0 Å². The molecule has 2 aromatic carbocycles. The largest absolute Gasteiger partial charge is 0.497 e. The minimum absolute atomic E-state index is 0.188. The van der Waals surface area contributed by atoms with E-state index in [1.165, 1.54) is 0 Å². The molecule has 7 nitrogen and oxygen atoms in total. The highest BCUT2D eigenvalue weighted by Crippen LogP contribution is 2.15. The van der Waals surface area contributed by atoms with Gasteiger partial charge in [0.1, 0.15) is 5.75 Å². The van der Waals surface area contributed by atoms with Crippen molar-refractivity contribution in [3.05, 3.63) is 89.5 Å². The first kappa shape index (κ1) is 20.4. The zero-order valence-corrected chi connectivity index (χ0v) is 17.9. The molecule has 0 atom stereocenters. The molecule has 0 saturated carbocycles. The standard InChI is InChI=1S/C24H25N5O2/c1-17-16-18(2)29(26-17)21-6-4-19(5-7-21)12-14-25-24(30)23-13-15-28(27-23)20-8-10-22(31-3)11-9-20/h4-11,13,15-16H,12,14H2,1-3H3,(H,25,30). The van der Waals surface area contributed by atoms with E-state index in [-0.39, 0.29) is 5.91 Å². The van der Waals surface area contributed by atoms with Gasteiger partial charge in [-0.2, -0.15) is 10.2 Å². The van der Waals surface area contributed by atoms with Crippen LogP contribution in [0.25, 0.3) is 11.4 Å². The normalized spacial score (nSPS) is 10.8. The molecule has 0 aliphatic carbocycles. The molecular weight excluding hydrogens is 390 g/mol. The number of ether oxygens (including phenoxy) is 1. The SMILES string of the molecule is COc1ccc(-n2ccc(C(=O)NCCc3ccc(-n4nc(C)cc4C)cc3)n2)cc1. The first-order chi connectivity index (χ1) is 15.0. The minimum atomic E-state index is -0.188. The number of amides is 1. The summed E-state index contributed by atoms with van der Waals surface area (Å²) in [5.74, 6) is 0.586. The van der Waals surface area contributed by atoms with Gasteiger partial charge in [0.2, 0.25) is 0 Å². The predicted octanol–water partition coefficient (Wildman–Crippen LogP) is 3.66. The second-order valence-electron chi connectivity index (χ2n) is 7.35. The summed E-state index contributed by atoms with van der Waals surface area (Å²) in [7, 11) is 1.63. The Kier molecular flexibility index (Phi) is 5.84. The number of nitrogens with zero attached hydrogens (tertiary/aromatic N) is 4. The van der Waals surface area contributed by atoms with Crippen molar-refractivity contribution in [1.82, 2.24) is 24.9 Å². The molecule has 0 radical (unpaired) electrons. The van der Waals surface area contributed by atoms with Crippen molar-refractivity contribution >= 4 is 5.91 Å². The molecule has 1 N–H and O–H groups in total. The number of hydrogen-bond donors (Lipinski definition) is 1. The average Bonchev–Trinajstić information content (AvgIpc) is 3.41. The average molecular weight is 415 g/mol. The zero-order valence-electron chi connectivity index (χ0n) is 17.9. The molecule has 158 valence electrons. The molecule has 0 saturated heterocycles. The number of aromatic nitrogens is 4. The molecule has 0 fully saturated rings. The van der Waals surface area contributed by atoms with E-state index < -0.39 is 0 Å². The molecule has 0 aliphatic heterocycles. The number of benzene rings is 2. The molecule has 4 aromatic rings. The van der Waals surface area contributed by atoms with Crippen molar-refractivity contribution in [3.8, 4) is 17.1 Å². The number of nitrogens with one attached hydrogen (secondary N) is 1. The van der Waals surface area contributed by atoms with Crippen molar-refractivity contribution in [2.75, 3.05) is 13.7 Å². The number of rotatable bonds is 7. The van der Waals surface area contributed by atoms with E-state index in [2.05, 4.69) is 33.7 Å². The second-order valence-corrected chi connectivity index (χ2v) is 7.35. The fourth-order valence-corrected chi connectivity index (χ4v) is 3.43. The zero-order chi connectivity index (χ0) is 21.8. The molecule has 2 heterocycles. The van der Waals surface area contributed by atoms with Crippen LogP contribution in [-0.4, -0.2) is 39.1 Å². The summed E-state index contributed by atoms with van der Waals surface area (Å²) in [5.41, 5.74) is 5.53. The van der Waals surface area contributed by atoms with Gasteiger partial charge in [0.15, 0.2) is 5.69 Å². The van der Waals surface area contributed by atoms with Crippen LogP contribution in [0.1, 0.15) is 27.4 Å². The lowest BCUT2D eigenvalue weighted by atomic mass is 10.1. The Bertz CT molecular complexity index is 1170. The highest BCUT2D eigenvalue weighted by atomic mass is 16.5. The molecule has 1 amide bonds. The van der Waals surface area contributed by atoms with Crippen LogP contribution in [0.4, 0.5) is 0 Å². The number of aryl methyl sites for hydroxylation is 2. The Hall–Kier alpha value is -3.87. The van der Waals surface area contributed by atoms with Gasteiger partial charge in [-0.15, -0.1) is 0 Å². The lowest BCUT2D eigenvalue weighted by Crippen LogP contribution is -2.26. The van der Waals surface area contributed by atoms with Crippen LogP contribution < -0.4 is 10.1 Å². The molecule has 0 unspecified atom stereocenters. The molecule has 2 aromatic heterocycles. The van der Waals surface area contributed by atoms with Crippen LogP contribution in [0.2, 0.25) is 0 Å². The molecule has 7 heteroatoms. The van der Waals surface area contributed by atoms with E-state index in [0.29, 0.717) is 12.2 Å². The maximum Gasteiger partial charge on any atom is 0.271 e. The van der Waals surface area contributed by atoms with E-state index in [9.17, 15) is 4.79 Å². The van der Waals surface area contributed by atoms with E-state index in [1.54, 1.807) is 24.1 Å². The van der Waals surface area contributed by atoms with Gasteiger partial charge in [-0.05, 0) is 74.4 Å². The van der Waals surface area contributed by atoms with Gasteiger partial charge in [0.25, 0.3) is 5.91 Å². The maximum absolute atomic E-state index is 12.4. The van der Waals surface area contributed by atoms with E-state index in [1.807, 2.05) is 54.9 Å². The van der Waals surface area contributed by atoms with E-state index in [4.69, 9.17) is 4.74 Å². The fraction of sp³-hybridized carbons (Fsp3) is 0.208. The molecular formula is C24H25N5O2. The second kappa shape index (κ2) is 8.87. The Balaban J connectivity index is 1.32. The number of methoxy groups -OCH3 is 1. The van der Waals surface area contributed by atoms with Crippen LogP contribution in [0, 0.1) is 13.8 Å². The summed E-state index contributed by atoms with van der Waals surface area (Å²) >= 11 is 0. The van der Waals surface area contributed by atoms with Gasteiger partial charge in [0, 0.05) is 18.4 Å². The summed E-state index contributed by atoms with van der Waals surface area (Å²) in [6.45, 7) is 4.56. The van der Waals surface area contributed by atoms with Crippen molar-refractivity contribution in [3.63, 3.8) is 0 Å². The number of carbonyl (C=O) groups is 1. The number of carbonyl (C=O) groups excluding carboxylic acids is 1. The van der Waals surface area contributed by atoms with Gasteiger partial charge in [-0.1, -0.05) is 12.1 Å². The predicted molar refractivity (Wildman–Crippen MR) is 119 cm³/mol. The van der Waals surface area contributed by atoms with Crippen LogP contribution in [0.5, 0.6) is 5.75 Å². The molecule has 0 bridgehead atoms. The van der Waals surface area contributed by atoms with Crippen molar-refractivity contribution in [2.24, 2.45) is 0 Å². The Morgan fingerprint density at radius 2 is 1.68 bits per heavy atom. The van der Waals surface area contributed by atoms with Gasteiger partial charge < -0.3 is 10.1 Å². The lowest BCUT2D eigenvalue weighted by molar-refractivity contribution is 0.0948. The van der Waals surface area contributed by atoms with Crippen LogP contribution >= 0.6 is 0 Å². The molecule has 0 spiro atoms. The van der Waals surface area contributed by atoms with Gasteiger partial charge in [-0.25, -0.2) is 9.36 Å². The summed E-state index contributed by atoms with van der Waals surface area (Å²) in [6, 6.07) is 19.5. The highest BCUT2D eigenvalue weighted by molar-refractivity contribution is 5.92. The smallest absolute Gasteiger partial charge is 0.271 e. The number of hydrogen-bond acceptors (Lipinski definition) is 4. The monoisotopic (exact) mass is 415 g/mol. The summed E-state index contributed by atoms with van der Waals surface area (Å²) in [5, 5.41) is 11.8. The Morgan fingerprint density at radius 3 is 2.32 bits per heavy atom. The quantitative estimate of drug-likeness (QED) is 0.500. The molecule has 0 aliphatic rings. The molecule has 31 heavy (non-hydrogen) atoms. The van der Waals surface area contributed by atoms with E-state index in [0.717, 1.165) is 40.5 Å². The first-order valence-electron chi connectivity index (χ1n) is 10.1. The minimum Gasteiger partial charge on any atom is -0.497 e. The van der Waals surface area contributed by atoms with Gasteiger partial charge >= 0.3 is 0 Å². The van der Waals surface area contributed by atoms with Crippen molar-refractivity contribution < 1.29 is 9.53 Å². The van der Waals surface area contributed by atoms with Gasteiger partial charge in [0.05, 0.1) is 24.2 Å². The maximum atomic E-state index is 12.4. The fourth-order valence-electron chi connectivity index (χ4n) is 3.43. The van der Waals surface area contributed by atoms with Crippen molar-refractivity contribution in [1.29, 1.82) is 0 Å². The third-order valence-corrected chi connectivity index (χ3v) is 5.05. The summed E-state index contributed by atoms with van der Waals surface area (Å²) in [4.78, 5) is 12.4. The van der Waals surface area contributed by atoms with Crippen molar-refractivity contribution in [2.45, 2.75) is 20.3 Å². The highest BCUT2D eigenvalue weighted by Gasteiger charge is 2.10.